The Hall–Kier alpha value is -2.83. The van der Waals surface area contributed by atoms with E-state index in [0.29, 0.717) is 18.5 Å². The predicted molar refractivity (Wildman–Crippen MR) is 100 cm³/mol. The van der Waals surface area contributed by atoms with Crippen LogP contribution in [0.25, 0.3) is 0 Å². The summed E-state index contributed by atoms with van der Waals surface area (Å²) >= 11 is 0. The fourth-order valence-corrected chi connectivity index (χ4v) is 2.78. The predicted octanol–water partition coefficient (Wildman–Crippen LogP) is 2.08. The zero-order valence-corrected chi connectivity index (χ0v) is 16.0. The lowest BCUT2D eigenvalue weighted by Crippen LogP contribution is -2.35. The van der Waals surface area contributed by atoms with E-state index in [-0.39, 0.29) is 18.4 Å². The number of aromatic nitrogens is 2. The molecule has 0 unspecified atom stereocenters. The molecule has 0 fully saturated rings. The van der Waals surface area contributed by atoms with Gasteiger partial charge in [0, 0.05) is 31.9 Å². The maximum Gasteiger partial charge on any atom is 0.243 e. The number of likely N-dealkylation sites (N-methyl/N-ethyl adjacent to an activating group) is 1. The van der Waals surface area contributed by atoms with Crippen LogP contribution in [-0.4, -0.2) is 47.2 Å². The third-order valence-electron chi connectivity index (χ3n) is 4.43. The highest BCUT2D eigenvalue weighted by molar-refractivity contribution is 5.94. The molecule has 26 heavy (non-hydrogen) atoms. The van der Waals surface area contributed by atoms with Crippen molar-refractivity contribution in [2.75, 3.05) is 26.0 Å². The van der Waals surface area contributed by atoms with E-state index in [1.807, 2.05) is 25.6 Å². The molecule has 0 radical (unpaired) electrons. The number of nitrogens with one attached hydrogen (secondary N) is 1. The van der Waals surface area contributed by atoms with Crippen molar-refractivity contribution in [2.24, 2.45) is 7.05 Å². The molecule has 2 aromatic rings. The van der Waals surface area contributed by atoms with Crippen molar-refractivity contribution < 1.29 is 14.3 Å². The molecule has 0 saturated carbocycles. The molecule has 2 amide bonds. The van der Waals surface area contributed by atoms with Crippen LogP contribution in [0.3, 0.4) is 0 Å². The highest BCUT2D eigenvalue weighted by atomic mass is 16.5. The second kappa shape index (κ2) is 8.51. The number of aryl methyl sites for hydroxylation is 2. The number of carbonyl (C=O) groups is 2. The van der Waals surface area contributed by atoms with Gasteiger partial charge in [-0.05, 0) is 50.1 Å². The summed E-state index contributed by atoms with van der Waals surface area (Å²) in [5.74, 6) is 0.411. The van der Waals surface area contributed by atoms with Gasteiger partial charge in [0.15, 0.2) is 0 Å². The van der Waals surface area contributed by atoms with Crippen LogP contribution < -0.4 is 10.1 Å². The minimum Gasteiger partial charge on any atom is -0.497 e. The molecule has 1 aromatic heterocycles. The SMILES string of the molecule is COc1ccc(NC(=O)CN(C)C(=O)CCc2c(C)nn(C)c2C)cc1. The molecule has 0 bridgehead atoms. The maximum absolute atomic E-state index is 12.3. The number of amides is 2. The zero-order chi connectivity index (χ0) is 19.3. The van der Waals surface area contributed by atoms with Gasteiger partial charge in [-0.15, -0.1) is 0 Å². The van der Waals surface area contributed by atoms with E-state index in [2.05, 4.69) is 10.4 Å². The quantitative estimate of drug-likeness (QED) is 0.822. The minimum absolute atomic E-state index is 0.00979. The number of hydrogen-bond donors (Lipinski definition) is 1. The highest BCUT2D eigenvalue weighted by Crippen LogP contribution is 2.16. The summed E-state index contributed by atoms with van der Waals surface area (Å²) in [4.78, 5) is 25.9. The van der Waals surface area contributed by atoms with Crippen LogP contribution in [0.5, 0.6) is 5.75 Å². The molecule has 1 N–H and O–H groups in total. The van der Waals surface area contributed by atoms with Gasteiger partial charge in [-0.25, -0.2) is 0 Å². The zero-order valence-electron chi connectivity index (χ0n) is 16.0. The number of methoxy groups -OCH3 is 1. The molecule has 0 atom stereocenters. The summed E-state index contributed by atoms with van der Waals surface area (Å²) in [6.45, 7) is 3.94. The topological polar surface area (TPSA) is 76.5 Å². The van der Waals surface area contributed by atoms with Gasteiger partial charge in [0.2, 0.25) is 11.8 Å². The fraction of sp³-hybridized carbons (Fsp3) is 0.421. The Labute approximate surface area is 153 Å². The summed E-state index contributed by atoms with van der Waals surface area (Å²) in [5.41, 5.74) is 3.77. The van der Waals surface area contributed by atoms with Gasteiger partial charge in [-0.1, -0.05) is 0 Å². The molecule has 0 aliphatic carbocycles. The Kier molecular flexibility index (Phi) is 6.38. The minimum atomic E-state index is -0.236. The summed E-state index contributed by atoms with van der Waals surface area (Å²) in [7, 11) is 5.12. The van der Waals surface area contributed by atoms with Crippen LogP contribution in [0, 0.1) is 13.8 Å². The van der Waals surface area contributed by atoms with E-state index in [4.69, 9.17) is 4.74 Å². The molecular formula is C19H26N4O3. The number of hydrogen-bond acceptors (Lipinski definition) is 4. The Morgan fingerprint density at radius 3 is 2.42 bits per heavy atom. The van der Waals surface area contributed by atoms with Crippen molar-refractivity contribution in [3.05, 3.63) is 41.2 Å². The van der Waals surface area contributed by atoms with E-state index < -0.39 is 0 Å². The molecule has 0 aliphatic rings. The van der Waals surface area contributed by atoms with Crippen molar-refractivity contribution in [2.45, 2.75) is 26.7 Å². The van der Waals surface area contributed by atoms with E-state index >= 15 is 0 Å². The third kappa shape index (κ3) is 4.84. The first kappa shape index (κ1) is 19.5. The van der Waals surface area contributed by atoms with Gasteiger partial charge < -0.3 is 15.0 Å². The molecule has 7 heteroatoms. The normalized spacial score (nSPS) is 10.5. The number of rotatable bonds is 7. The number of benzene rings is 1. The summed E-state index contributed by atoms with van der Waals surface area (Å²) in [6.07, 6.45) is 0.967. The average molecular weight is 358 g/mol. The molecule has 0 spiro atoms. The summed E-state index contributed by atoms with van der Waals surface area (Å²) in [5, 5.41) is 7.13. The van der Waals surface area contributed by atoms with Crippen molar-refractivity contribution in [3.8, 4) is 5.75 Å². The van der Waals surface area contributed by atoms with Crippen LogP contribution in [0.1, 0.15) is 23.4 Å². The van der Waals surface area contributed by atoms with Crippen LogP contribution in [-0.2, 0) is 23.1 Å². The Bertz CT molecular complexity index is 781. The standard InChI is InChI=1S/C19H26N4O3/c1-13-17(14(2)23(4)21-13)10-11-19(25)22(3)12-18(24)20-15-6-8-16(26-5)9-7-15/h6-9H,10-12H2,1-5H3,(H,20,24). The number of ether oxygens (including phenoxy) is 1. The second-order valence-electron chi connectivity index (χ2n) is 6.30. The van der Waals surface area contributed by atoms with Crippen LogP contribution in [0.2, 0.25) is 0 Å². The number of anilines is 1. The monoisotopic (exact) mass is 358 g/mol. The molecular weight excluding hydrogens is 332 g/mol. The molecule has 7 nitrogen and oxygen atoms in total. The third-order valence-corrected chi connectivity index (χ3v) is 4.43. The lowest BCUT2D eigenvalue weighted by Gasteiger charge is -2.17. The lowest BCUT2D eigenvalue weighted by atomic mass is 10.1. The molecule has 0 saturated heterocycles. The number of nitrogens with zero attached hydrogens (tertiary/aromatic N) is 3. The first-order chi connectivity index (χ1) is 12.3. The molecule has 0 aliphatic heterocycles. The second-order valence-corrected chi connectivity index (χ2v) is 6.30. The molecule has 1 aromatic carbocycles. The van der Waals surface area contributed by atoms with Crippen LogP contribution in [0.4, 0.5) is 5.69 Å². The average Bonchev–Trinajstić information content (AvgIpc) is 2.85. The number of carbonyl (C=O) groups excluding carboxylic acids is 2. The van der Waals surface area contributed by atoms with E-state index in [1.165, 1.54) is 4.90 Å². The smallest absolute Gasteiger partial charge is 0.243 e. The lowest BCUT2D eigenvalue weighted by molar-refractivity contribution is -0.133. The van der Waals surface area contributed by atoms with Crippen molar-refractivity contribution >= 4 is 17.5 Å². The molecule has 1 heterocycles. The maximum atomic E-state index is 12.3. The Balaban J connectivity index is 1.84. The van der Waals surface area contributed by atoms with Gasteiger partial charge in [-0.3, -0.25) is 14.3 Å². The van der Waals surface area contributed by atoms with Crippen LogP contribution in [0.15, 0.2) is 24.3 Å². The van der Waals surface area contributed by atoms with E-state index in [9.17, 15) is 9.59 Å². The fourth-order valence-electron chi connectivity index (χ4n) is 2.78. The van der Waals surface area contributed by atoms with Crippen molar-refractivity contribution in [1.82, 2.24) is 14.7 Å². The van der Waals surface area contributed by atoms with Crippen molar-refractivity contribution in [1.29, 1.82) is 0 Å². The van der Waals surface area contributed by atoms with Gasteiger partial charge >= 0.3 is 0 Å². The van der Waals surface area contributed by atoms with Crippen molar-refractivity contribution in [3.63, 3.8) is 0 Å². The van der Waals surface area contributed by atoms with Crippen LogP contribution >= 0.6 is 0 Å². The molecule has 2 rings (SSSR count). The highest BCUT2D eigenvalue weighted by Gasteiger charge is 2.16. The van der Waals surface area contributed by atoms with Gasteiger partial charge in [-0.2, -0.15) is 5.10 Å². The first-order valence-electron chi connectivity index (χ1n) is 8.48. The van der Waals surface area contributed by atoms with E-state index in [1.54, 1.807) is 38.4 Å². The Morgan fingerprint density at radius 2 is 1.88 bits per heavy atom. The van der Waals surface area contributed by atoms with Gasteiger partial charge in [0.1, 0.15) is 5.75 Å². The Morgan fingerprint density at radius 1 is 1.23 bits per heavy atom. The first-order valence-corrected chi connectivity index (χ1v) is 8.48. The van der Waals surface area contributed by atoms with Gasteiger partial charge in [0.25, 0.3) is 0 Å². The summed E-state index contributed by atoms with van der Waals surface area (Å²) in [6, 6.07) is 7.05. The molecule has 140 valence electrons. The largest absolute Gasteiger partial charge is 0.497 e. The summed E-state index contributed by atoms with van der Waals surface area (Å²) < 4.78 is 6.90. The van der Waals surface area contributed by atoms with Gasteiger partial charge in [0.05, 0.1) is 19.3 Å². The van der Waals surface area contributed by atoms with E-state index in [0.717, 1.165) is 22.7 Å².